The summed E-state index contributed by atoms with van der Waals surface area (Å²) >= 11 is 0. The Bertz CT molecular complexity index is 1180. The third kappa shape index (κ3) is 4.27. The van der Waals surface area contributed by atoms with E-state index in [-0.39, 0.29) is 30.0 Å². The molecule has 4 amide bonds. The number of nitrogens with zero attached hydrogens (tertiary/aromatic N) is 2. The summed E-state index contributed by atoms with van der Waals surface area (Å²) in [5.74, 6) is -1.82. The highest BCUT2D eigenvalue weighted by Gasteiger charge is 2.33. The van der Waals surface area contributed by atoms with Crippen molar-refractivity contribution >= 4 is 41.0 Å². The van der Waals surface area contributed by atoms with Gasteiger partial charge in [-0.05, 0) is 37.3 Å². The van der Waals surface area contributed by atoms with Gasteiger partial charge in [-0.1, -0.05) is 12.1 Å². The van der Waals surface area contributed by atoms with E-state index in [4.69, 9.17) is 9.47 Å². The van der Waals surface area contributed by atoms with Crippen molar-refractivity contribution in [1.29, 1.82) is 0 Å². The maximum absolute atomic E-state index is 12.5. The molecule has 2 heterocycles. The Kier molecular flexibility index (Phi) is 5.82. The minimum atomic E-state index is -0.670. The Morgan fingerprint density at radius 3 is 2.58 bits per heavy atom. The first-order chi connectivity index (χ1) is 15.8. The smallest absolute Gasteiger partial charge is 0.308 e. The molecule has 33 heavy (non-hydrogen) atoms. The molecular weight excluding hydrogens is 430 g/mol. The fourth-order valence-corrected chi connectivity index (χ4v) is 3.65. The SMILES string of the molecule is CC1Oc2ccccc2N(CCC(=O)OCC(=O)Nc2ccc3c(c2)C(=O)N(C)C3=O)C1=O. The van der Waals surface area contributed by atoms with Gasteiger partial charge in [0.15, 0.2) is 12.7 Å². The molecule has 0 aromatic heterocycles. The lowest BCUT2D eigenvalue weighted by atomic mass is 10.1. The molecule has 0 saturated heterocycles. The van der Waals surface area contributed by atoms with Gasteiger partial charge in [0.1, 0.15) is 5.75 Å². The first kappa shape index (κ1) is 22.0. The van der Waals surface area contributed by atoms with Crippen LogP contribution in [0, 0.1) is 0 Å². The first-order valence-electron chi connectivity index (χ1n) is 10.2. The number of hydrogen-bond acceptors (Lipinski definition) is 7. The molecule has 0 spiro atoms. The summed E-state index contributed by atoms with van der Waals surface area (Å²) in [5, 5.41) is 2.53. The second-order valence-corrected chi connectivity index (χ2v) is 7.61. The largest absolute Gasteiger partial charge is 0.479 e. The maximum atomic E-state index is 12.5. The number of amides is 4. The predicted molar refractivity (Wildman–Crippen MR) is 116 cm³/mol. The summed E-state index contributed by atoms with van der Waals surface area (Å²) in [6, 6.07) is 11.4. The zero-order valence-corrected chi connectivity index (χ0v) is 18.0. The predicted octanol–water partition coefficient (Wildman–Crippen LogP) is 1.60. The van der Waals surface area contributed by atoms with Crippen molar-refractivity contribution in [1.82, 2.24) is 4.90 Å². The quantitative estimate of drug-likeness (QED) is 0.523. The molecule has 0 radical (unpaired) electrons. The van der Waals surface area contributed by atoms with Gasteiger partial charge in [-0.15, -0.1) is 0 Å². The highest BCUT2D eigenvalue weighted by Crippen LogP contribution is 2.33. The number of esters is 1. The maximum Gasteiger partial charge on any atom is 0.308 e. The summed E-state index contributed by atoms with van der Waals surface area (Å²) < 4.78 is 10.6. The van der Waals surface area contributed by atoms with Crippen molar-refractivity contribution in [2.75, 3.05) is 30.4 Å². The molecule has 0 aliphatic carbocycles. The molecule has 4 rings (SSSR count). The number of fused-ring (bicyclic) bond motifs is 2. The van der Waals surface area contributed by atoms with Crippen molar-refractivity contribution in [2.24, 2.45) is 0 Å². The summed E-state index contributed by atoms with van der Waals surface area (Å²) in [7, 11) is 1.38. The van der Waals surface area contributed by atoms with Crippen LogP contribution < -0.4 is 15.0 Å². The molecule has 1 unspecified atom stereocenters. The van der Waals surface area contributed by atoms with Crippen LogP contribution in [0.25, 0.3) is 0 Å². The van der Waals surface area contributed by atoms with E-state index in [1.165, 1.54) is 30.1 Å². The summed E-state index contributed by atoms with van der Waals surface area (Å²) in [4.78, 5) is 63.2. The Labute approximate surface area is 189 Å². The van der Waals surface area contributed by atoms with Crippen LogP contribution in [0.3, 0.4) is 0 Å². The molecule has 2 aromatic carbocycles. The van der Waals surface area contributed by atoms with Crippen molar-refractivity contribution in [3.05, 3.63) is 53.6 Å². The Hall–Kier alpha value is -4.21. The Morgan fingerprint density at radius 1 is 1.06 bits per heavy atom. The van der Waals surface area contributed by atoms with E-state index in [0.717, 1.165) is 4.90 Å². The molecule has 10 heteroatoms. The highest BCUT2D eigenvalue weighted by atomic mass is 16.5. The van der Waals surface area contributed by atoms with Gasteiger partial charge in [-0.3, -0.25) is 28.9 Å². The van der Waals surface area contributed by atoms with E-state index < -0.39 is 36.4 Å². The van der Waals surface area contributed by atoms with Crippen LogP contribution in [0.5, 0.6) is 5.75 Å². The molecule has 2 aliphatic rings. The lowest BCUT2D eigenvalue weighted by Crippen LogP contribution is -2.45. The topological polar surface area (TPSA) is 122 Å². The Balaban J connectivity index is 1.29. The van der Waals surface area contributed by atoms with Gasteiger partial charge in [-0.25, -0.2) is 0 Å². The van der Waals surface area contributed by atoms with Crippen molar-refractivity contribution in [3.63, 3.8) is 0 Å². The fourth-order valence-electron chi connectivity index (χ4n) is 3.65. The van der Waals surface area contributed by atoms with E-state index in [9.17, 15) is 24.0 Å². The van der Waals surface area contributed by atoms with Gasteiger partial charge < -0.3 is 19.7 Å². The number of rotatable bonds is 6. The van der Waals surface area contributed by atoms with Crippen LogP contribution in [0.15, 0.2) is 42.5 Å². The molecule has 170 valence electrons. The summed E-state index contributed by atoms with van der Waals surface area (Å²) in [6.07, 6.45) is -0.780. The number of para-hydroxylation sites is 2. The second-order valence-electron chi connectivity index (χ2n) is 7.61. The molecule has 1 atom stereocenters. The minimum Gasteiger partial charge on any atom is -0.479 e. The number of carbonyl (C=O) groups is 5. The van der Waals surface area contributed by atoms with E-state index in [1.807, 2.05) is 0 Å². The van der Waals surface area contributed by atoms with Crippen LogP contribution in [0.1, 0.15) is 34.1 Å². The van der Waals surface area contributed by atoms with Crippen LogP contribution in [0.4, 0.5) is 11.4 Å². The Morgan fingerprint density at radius 2 is 1.79 bits per heavy atom. The van der Waals surface area contributed by atoms with Gasteiger partial charge in [0, 0.05) is 19.3 Å². The van der Waals surface area contributed by atoms with Gasteiger partial charge in [-0.2, -0.15) is 0 Å². The van der Waals surface area contributed by atoms with E-state index in [1.54, 1.807) is 31.2 Å². The lowest BCUT2D eigenvalue weighted by molar-refractivity contribution is -0.147. The van der Waals surface area contributed by atoms with E-state index in [2.05, 4.69) is 5.32 Å². The number of hydrogen-bond donors (Lipinski definition) is 1. The molecule has 2 aliphatic heterocycles. The number of nitrogens with one attached hydrogen (secondary N) is 1. The van der Waals surface area contributed by atoms with Crippen molar-refractivity contribution in [3.8, 4) is 5.75 Å². The zero-order valence-electron chi connectivity index (χ0n) is 18.0. The molecule has 0 saturated carbocycles. The van der Waals surface area contributed by atoms with Crippen LogP contribution in [-0.4, -0.2) is 60.8 Å². The van der Waals surface area contributed by atoms with Crippen molar-refractivity contribution in [2.45, 2.75) is 19.4 Å². The van der Waals surface area contributed by atoms with Crippen LogP contribution in [-0.2, 0) is 19.1 Å². The molecular formula is C23H21N3O7. The minimum absolute atomic E-state index is 0.0818. The third-order valence-corrected chi connectivity index (χ3v) is 5.35. The van der Waals surface area contributed by atoms with Crippen LogP contribution in [0.2, 0.25) is 0 Å². The molecule has 1 N–H and O–H groups in total. The average Bonchev–Trinajstić information content (AvgIpc) is 3.01. The number of anilines is 2. The first-order valence-corrected chi connectivity index (χ1v) is 10.2. The fraction of sp³-hybridized carbons (Fsp3) is 0.261. The summed E-state index contributed by atoms with van der Waals surface area (Å²) in [6.45, 7) is 1.18. The standard InChI is InChI=1S/C23H21N3O7/c1-13-21(29)26(17-5-3-4-6-18(17)33-13)10-9-20(28)32-12-19(27)24-14-7-8-15-16(11-14)23(31)25(2)22(15)30/h3-8,11,13H,9-10,12H2,1-2H3,(H,24,27). The van der Waals surface area contributed by atoms with Crippen LogP contribution >= 0.6 is 0 Å². The third-order valence-electron chi connectivity index (χ3n) is 5.35. The highest BCUT2D eigenvalue weighted by molar-refractivity contribution is 6.21. The van der Waals surface area contributed by atoms with Gasteiger partial charge >= 0.3 is 5.97 Å². The van der Waals surface area contributed by atoms with Gasteiger partial charge in [0.25, 0.3) is 23.6 Å². The normalized spacial score (nSPS) is 16.8. The zero-order chi connectivity index (χ0) is 23.7. The lowest BCUT2D eigenvalue weighted by Gasteiger charge is -2.32. The number of benzene rings is 2. The van der Waals surface area contributed by atoms with Gasteiger partial charge in [0.05, 0.1) is 23.2 Å². The monoisotopic (exact) mass is 451 g/mol. The number of ether oxygens (including phenoxy) is 2. The van der Waals surface area contributed by atoms with Crippen molar-refractivity contribution < 1.29 is 33.4 Å². The average molecular weight is 451 g/mol. The van der Waals surface area contributed by atoms with Gasteiger partial charge in [0.2, 0.25) is 0 Å². The molecule has 10 nitrogen and oxygen atoms in total. The molecule has 0 bridgehead atoms. The summed E-state index contributed by atoms with van der Waals surface area (Å²) in [5.41, 5.74) is 1.33. The number of carbonyl (C=O) groups excluding carboxylic acids is 5. The number of imide groups is 1. The van der Waals surface area contributed by atoms with E-state index in [0.29, 0.717) is 17.1 Å². The molecule has 2 aromatic rings. The van der Waals surface area contributed by atoms with E-state index >= 15 is 0 Å². The second kappa shape index (κ2) is 8.73. The molecule has 0 fully saturated rings.